The molecule has 0 radical (unpaired) electrons. The van der Waals surface area contributed by atoms with Crippen LogP contribution in [-0.4, -0.2) is 45.6 Å². The Morgan fingerprint density at radius 2 is 2.08 bits per heavy atom. The predicted octanol–water partition coefficient (Wildman–Crippen LogP) is -1.89. The van der Waals surface area contributed by atoms with E-state index < -0.39 is 30.3 Å². The van der Waals surface area contributed by atoms with Crippen LogP contribution in [-0.2, 0) is 14.3 Å². The molecule has 0 aromatic carbocycles. The fourth-order valence-corrected chi connectivity index (χ4v) is 0.915. The van der Waals surface area contributed by atoms with Crippen molar-refractivity contribution in [1.29, 1.82) is 0 Å². The first kappa shape index (κ1) is 8.95. The smallest absolute Gasteiger partial charge is 0.345 e. The van der Waals surface area contributed by atoms with E-state index in [0.29, 0.717) is 0 Å². The van der Waals surface area contributed by atoms with E-state index in [4.69, 9.17) is 15.3 Å². The Hall–Kier alpha value is -1.14. The Morgan fingerprint density at radius 1 is 1.50 bits per heavy atom. The second kappa shape index (κ2) is 3.08. The third kappa shape index (κ3) is 1.54. The van der Waals surface area contributed by atoms with Crippen molar-refractivity contribution in [2.24, 2.45) is 0 Å². The minimum atomic E-state index is -1.62. The van der Waals surface area contributed by atoms with E-state index >= 15 is 0 Å². The molecule has 0 aromatic heterocycles. The lowest BCUT2D eigenvalue weighted by Crippen LogP contribution is -2.47. The molecule has 6 nitrogen and oxygen atoms in total. The number of carboxylic acids is 1. The molecule has 0 bridgehead atoms. The summed E-state index contributed by atoms with van der Waals surface area (Å²) in [6, 6.07) is 0. The minimum Gasteiger partial charge on any atom is -0.479 e. The number of ether oxygens (including phenoxy) is 1. The molecule has 1 heterocycles. The summed E-state index contributed by atoms with van der Waals surface area (Å²) in [6.45, 7) is 0. The Bertz CT molecular complexity index is 212. The van der Waals surface area contributed by atoms with Gasteiger partial charge in [-0.3, -0.25) is 0 Å². The Kier molecular flexibility index (Phi) is 2.30. The van der Waals surface area contributed by atoms with E-state index in [1.54, 1.807) is 0 Å². The number of cyclic esters (lactones) is 1. The van der Waals surface area contributed by atoms with Crippen LogP contribution in [0.2, 0.25) is 0 Å². The lowest BCUT2D eigenvalue weighted by atomic mass is 10.0. The zero-order valence-corrected chi connectivity index (χ0v) is 6.01. The van der Waals surface area contributed by atoms with Crippen molar-refractivity contribution in [3.63, 3.8) is 0 Å². The van der Waals surface area contributed by atoms with Gasteiger partial charge in [0.15, 0.2) is 6.10 Å². The van der Waals surface area contributed by atoms with E-state index in [1.165, 1.54) is 0 Å². The van der Waals surface area contributed by atoms with Crippen molar-refractivity contribution in [2.45, 2.75) is 24.7 Å². The van der Waals surface area contributed by atoms with Crippen LogP contribution < -0.4 is 0 Å². The number of rotatable bonds is 1. The number of aliphatic carboxylic acids is 1. The second-order valence-electron chi connectivity index (χ2n) is 2.51. The largest absolute Gasteiger partial charge is 0.479 e. The van der Waals surface area contributed by atoms with Gasteiger partial charge in [0.05, 0.1) is 6.10 Å². The van der Waals surface area contributed by atoms with Crippen molar-refractivity contribution in [3.05, 3.63) is 0 Å². The summed E-state index contributed by atoms with van der Waals surface area (Å²) in [6.07, 6.45) is -4.61. The Morgan fingerprint density at radius 3 is 2.50 bits per heavy atom. The molecule has 0 aromatic rings. The van der Waals surface area contributed by atoms with Crippen LogP contribution in [0.4, 0.5) is 0 Å². The van der Waals surface area contributed by atoms with Crippen LogP contribution in [0.1, 0.15) is 6.42 Å². The molecule has 3 N–H and O–H groups in total. The second-order valence-corrected chi connectivity index (χ2v) is 2.51. The quantitative estimate of drug-likeness (QED) is 0.403. The van der Waals surface area contributed by atoms with Gasteiger partial charge in [0.1, 0.15) is 0 Å². The number of carbonyl (C=O) groups excluding carboxylic acids is 1. The molecule has 0 aliphatic carbocycles. The number of carbonyl (C=O) groups is 2. The van der Waals surface area contributed by atoms with Crippen molar-refractivity contribution < 1.29 is 29.6 Å². The van der Waals surface area contributed by atoms with Gasteiger partial charge in [-0.15, -0.1) is 0 Å². The van der Waals surface area contributed by atoms with Gasteiger partial charge in [-0.1, -0.05) is 0 Å². The molecule has 1 unspecified atom stereocenters. The van der Waals surface area contributed by atoms with Gasteiger partial charge in [-0.25, -0.2) is 9.59 Å². The van der Waals surface area contributed by atoms with Crippen molar-refractivity contribution in [2.75, 3.05) is 0 Å². The molecule has 1 aliphatic heterocycles. The molecular weight excluding hydrogens is 168 g/mol. The van der Waals surface area contributed by atoms with E-state index in [9.17, 15) is 9.59 Å². The van der Waals surface area contributed by atoms with Crippen LogP contribution >= 0.6 is 0 Å². The summed E-state index contributed by atoms with van der Waals surface area (Å²) in [4.78, 5) is 20.9. The van der Waals surface area contributed by atoms with E-state index in [1.807, 2.05) is 0 Å². The first-order valence-corrected chi connectivity index (χ1v) is 3.32. The molecule has 0 amide bonds. The van der Waals surface area contributed by atoms with Crippen LogP contribution in [0.3, 0.4) is 0 Å². The molecule has 68 valence electrons. The zero-order valence-electron chi connectivity index (χ0n) is 6.01. The van der Waals surface area contributed by atoms with Gasteiger partial charge in [0.25, 0.3) is 0 Å². The monoisotopic (exact) mass is 176 g/mol. The van der Waals surface area contributed by atoms with Gasteiger partial charge >= 0.3 is 11.9 Å². The number of carboxylic acid groups (broad SMARTS) is 1. The summed E-state index contributed by atoms with van der Waals surface area (Å²) in [7, 11) is 0. The highest BCUT2D eigenvalue weighted by molar-refractivity contribution is 5.82. The van der Waals surface area contributed by atoms with Crippen molar-refractivity contribution >= 4 is 11.9 Å². The molecule has 1 aliphatic rings. The highest BCUT2D eigenvalue weighted by atomic mass is 16.6. The van der Waals surface area contributed by atoms with E-state index in [2.05, 4.69) is 4.74 Å². The lowest BCUT2D eigenvalue weighted by molar-refractivity contribution is -0.187. The first-order valence-electron chi connectivity index (χ1n) is 3.32. The number of aliphatic hydroxyl groups is 2. The highest BCUT2D eigenvalue weighted by Crippen LogP contribution is 2.15. The third-order valence-corrected chi connectivity index (χ3v) is 1.60. The van der Waals surface area contributed by atoms with E-state index in [-0.39, 0.29) is 6.42 Å². The fraction of sp³-hybridized carbons (Fsp3) is 0.667. The van der Waals surface area contributed by atoms with Crippen LogP contribution in [0, 0.1) is 0 Å². The lowest BCUT2D eigenvalue weighted by Gasteiger charge is -2.26. The minimum absolute atomic E-state index is 0.276. The average Bonchev–Trinajstić information content (AvgIpc) is 1.99. The molecule has 6 heteroatoms. The molecule has 1 fully saturated rings. The summed E-state index contributed by atoms with van der Waals surface area (Å²) in [5, 5.41) is 26.2. The molecule has 1 saturated heterocycles. The first-order chi connectivity index (χ1) is 5.52. The SMILES string of the molecule is O=C(O)C1C[C@H](O)[C@H](O)C(=O)O1. The summed E-state index contributed by atoms with van der Waals surface area (Å²) in [5.74, 6) is -2.42. The van der Waals surface area contributed by atoms with Crippen LogP contribution in [0.25, 0.3) is 0 Å². The molecule has 12 heavy (non-hydrogen) atoms. The summed E-state index contributed by atoms with van der Waals surface area (Å²) >= 11 is 0. The molecule has 0 spiro atoms. The molecular formula is C6H8O6. The molecule has 3 atom stereocenters. The van der Waals surface area contributed by atoms with Crippen molar-refractivity contribution in [1.82, 2.24) is 0 Å². The number of hydrogen-bond donors (Lipinski definition) is 3. The Labute approximate surface area is 67.4 Å². The highest BCUT2D eigenvalue weighted by Gasteiger charge is 2.39. The fourth-order valence-electron chi connectivity index (χ4n) is 0.915. The molecule has 0 saturated carbocycles. The normalized spacial score (nSPS) is 35.8. The van der Waals surface area contributed by atoms with Gasteiger partial charge in [0.2, 0.25) is 6.10 Å². The van der Waals surface area contributed by atoms with Gasteiger partial charge in [-0.05, 0) is 0 Å². The zero-order chi connectivity index (χ0) is 9.30. The maximum absolute atomic E-state index is 10.6. The van der Waals surface area contributed by atoms with Crippen LogP contribution in [0.5, 0.6) is 0 Å². The topological polar surface area (TPSA) is 104 Å². The average molecular weight is 176 g/mol. The number of hydrogen-bond acceptors (Lipinski definition) is 5. The summed E-state index contributed by atoms with van der Waals surface area (Å²) < 4.78 is 4.28. The number of aliphatic hydroxyl groups excluding tert-OH is 2. The van der Waals surface area contributed by atoms with Crippen molar-refractivity contribution in [3.8, 4) is 0 Å². The predicted molar refractivity (Wildman–Crippen MR) is 34.1 cm³/mol. The molecule has 1 rings (SSSR count). The van der Waals surface area contributed by atoms with Gasteiger partial charge in [-0.2, -0.15) is 0 Å². The van der Waals surface area contributed by atoms with Gasteiger partial charge in [0, 0.05) is 6.42 Å². The third-order valence-electron chi connectivity index (χ3n) is 1.60. The Balaban J connectivity index is 2.66. The summed E-state index contributed by atoms with van der Waals surface area (Å²) in [5.41, 5.74) is 0. The van der Waals surface area contributed by atoms with Gasteiger partial charge < -0.3 is 20.1 Å². The number of esters is 1. The van der Waals surface area contributed by atoms with Crippen LogP contribution in [0.15, 0.2) is 0 Å². The van der Waals surface area contributed by atoms with E-state index in [0.717, 1.165) is 0 Å². The standard InChI is InChI=1S/C6H8O6/c7-2-1-3(5(9)10)12-6(11)4(2)8/h2-4,7-8H,1H2,(H,9,10)/t2-,3?,4-/m0/s1. The maximum Gasteiger partial charge on any atom is 0.345 e. The maximum atomic E-state index is 10.6.